The molecule has 0 saturated heterocycles. The number of hydrogen-bond donors (Lipinski definition) is 2. The molecule has 2 N–H and O–H groups in total. The van der Waals surface area contributed by atoms with Crippen LogP contribution in [0.4, 0.5) is 5.69 Å². The molecule has 1 aromatic carbocycles. The van der Waals surface area contributed by atoms with Gasteiger partial charge in [-0.3, -0.25) is 4.79 Å². The molecule has 1 amide bonds. The maximum absolute atomic E-state index is 12.2. The van der Waals surface area contributed by atoms with Crippen LogP contribution in [0, 0.1) is 6.92 Å². The van der Waals surface area contributed by atoms with Gasteiger partial charge in [0, 0.05) is 23.9 Å². The number of anilines is 1. The summed E-state index contributed by atoms with van der Waals surface area (Å²) >= 11 is 0. The smallest absolute Gasteiger partial charge is 0.336 e. The van der Waals surface area contributed by atoms with Crippen molar-refractivity contribution in [2.75, 3.05) is 5.32 Å². The number of fused-ring (bicyclic) bond motifs is 1. The molecule has 31 heavy (non-hydrogen) atoms. The highest BCUT2D eigenvalue weighted by Crippen LogP contribution is 2.30. The van der Waals surface area contributed by atoms with Crippen molar-refractivity contribution in [2.24, 2.45) is 0 Å². The van der Waals surface area contributed by atoms with Crippen molar-refractivity contribution in [2.45, 2.75) is 104 Å². The lowest BCUT2D eigenvalue weighted by Gasteiger charge is -2.09. The molecule has 0 saturated carbocycles. The van der Waals surface area contributed by atoms with E-state index in [9.17, 15) is 14.7 Å². The van der Waals surface area contributed by atoms with E-state index in [1.807, 2.05) is 0 Å². The van der Waals surface area contributed by atoms with Crippen LogP contribution in [0.15, 0.2) is 27.4 Å². The number of carbonyl (C=O) groups is 1. The van der Waals surface area contributed by atoms with Crippen molar-refractivity contribution in [3.05, 3.63) is 34.2 Å². The van der Waals surface area contributed by atoms with Gasteiger partial charge in [-0.05, 0) is 25.0 Å². The van der Waals surface area contributed by atoms with Gasteiger partial charge in [-0.2, -0.15) is 0 Å². The molecule has 0 unspecified atom stereocenters. The highest BCUT2D eigenvalue weighted by atomic mass is 16.4. The molecule has 172 valence electrons. The summed E-state index contributed by atoms with van der Waals surface area (Å²) < 4.78 is 5.11. The summed E-state index contributed by atoms with van der Waals surface area (Å²) in [5.74, 6) is -0.201. The molecule has 2 aromatic rings. The number of unbranched alkanes of at least 4 members (excludes halogenated alkanes) is 12. The van der Waals surface area contributed by atoms with Crippen molar-refractivity contribution < 1.29 is 14.3 Å². The molecule has 0 atom stereocenters. The zero-order chi connectivity index (χ0) is 22.5. The maximum Gasteiger partial charge on any atom is 0.336 e. The van der Waals surface area contributed by atoms with Gasteiger partial charge in [-0.15, -0.1) is 0 Å². The number of nitrogens with one attached hydrogen (secondary N) is 1. The lowest BCUT2D eigenvalue weighted by molar-refractivity contribution is -0.116. The fourth-order valence-corrected chi connectivity index (χ4v) is 3.97. The van der Waals surface area contributed by atoms with Crippen LogP contribution in [0.1, 0.15) is 102 Å². The van der Waals surface area contributed by atoms with Gasteiger partial charge in [0.25, 0.3) is 0 Å². The summed E-state index contributed by atoms with van der Waals surface area (Å²) in [7, 11) is 0. The van der Waals surface area contributed by atoms with Crippen molar-refractivity contribution >= 4 is 22.6 Å². The van der Waals surface area contributed by atoms with Crippen molar-refractivity contribution in [3.8, 4) is 5.75 Å². The van der Waals surface area contributed by atoms with Gasteiger partial charge in [0.15, 0.2) is 0 Å². The molecule has 0 radical (unpaired) electrons. The van der Waals surface area contributed by atoms with Crippen LogP contribution in [-0.4, -0.2) is 11.0 Å². The van der Waals surface area contributed by atoms with Gasteiger partial charge in [0.1, 0.15) is 11.3 Å². The van der Waals surface area contributed by atoms with Gasteiger partial charge >= 0.3 is 5.63 Å². The predicted molar refractivity (Wildman–Crippen MR) is 128 cm³/mol. The fourth-order valence-electron chi connectivity index (χ4n) is 3.97. The van der Waals surface area contributed by atoms with Crippen LogP contribution in [0.2, 0.25) is 0 Å². The first-order chi connectivity index (χ1) is 15.0. The Morgan fingerprint density at radius 3 is 2.00 bits per heavy atom. The summed E-state index contributed by atoms with van der Waals surface area (Å²) in [4.78, 5) is 23.7. The molecule has 5 heteroatoms. The van der Waals surface area contributed by atoms with Gasteiger partial charge in [-0.25, -0.2) is 4.79 Å². The van der Waals surface area contributed by atoms with Crippen molar-refractivity contribution in [1.29, 1.82) is 0 Å². The topological polar surface area (TPSA) is 79.5 Å². The van der Waals surface area contributed by atoms with E-state index in [0.29, 0.717) is 23.1 Å². The Kier molecular flexibility index (Phi) is 11.2. The van der Waals surface area contributed by atoms with Crippen LogP contribution >= 0.6 is 0 Å². The first-order valence-corrected chi connectivity index (χ1v) is 12.1. The first-order valence-electron chi connectivity index (χ1n) is 12.1. The average molecular weight is 430 g/mol. The van der Waals surface area contributed by atoms with E-state index in [0.717, 1.165) is 18.4 Å². The first kappa shape index (κ1) is 25.0. The molecule has 0 spiro atoms. The minimum absolute atomic E-state index is 0.0973. The van der Waals surface area contributed by atoms with Crippen LogP contribution in [0.25, 0.3) is 11.0 Å². The van der Waals surface area contributed by atoms with Crippen LogP contribution in [0.3, 0.4) is 0 Å². The van der Waals surface area contributed by atoms with Gasteiger partial charge in [-0.1, -0.05) is 84.0 Å². The molecular formula is C26H39NO4. The number of carbonyl (C=O) groups excluding carboxylic acids is 1. The second-order valence-electron chi connectivity index (χ2n) is 8.65. The summed E-state index contributed by atoms with van der Waals surface area (Å²) in [6, 6.07) is 4.44. The fraction of sp³-hybridized carbons (Fsp3) is 0.615. The van der Waals surface area contributed by atoms with E-state index in [1.165, 1.54) is 82.8 Å². The lowest BCUT2D eigenvalue weighted by atomic mass is 10.0. The number of hydrogen-bond acceptors (Lipinski definition) is 4. The van der Waals surface area contributed by atoms with Gasteiger partial charge in [0.05, 0.1) is 5.69 Å². The number of phenolic OH excluding ortho intramolecular Hbond substituents is 1. The zero-order valence-electron chi connectivity index (χ0n) is 19.3. The Morgan fingerprint density at radius 1 is 0.871 bits per heavy atom. The minimum atomic E-state index is -0.455. The van der Waals surface area contributed by atoms with E-state index in [1.54, 1.807) is 13.0 Å². The number of aryl methyl sites for hydroxylation is 1. The van der Waals surface area contributed by atoms with E-state index < -0.39 is 5.63 Å². The summed E-state index contributed by atoms with van der Waals surface area (Å²) in [6.45, 7) is 4.06. The second kappa shape index (κ2) is 13.9. The molecular weight excluding hydrogens is 390 g/mol. The number of phenols is 1. The van der Waals surface area contributed by atoms with Crippen molar-refractivity contribution in [3.63, 3.8) is 0 Å². The SMILES string of the molecule is CCCCCCCCCCCCCCCC(=O)Nc1cc2c(C)cc(=O)oc2cc1O. The second-order valence-corrected chi connectivity index (χ2v) is 8.65. The quantitative estimate of drug-likeness (QED) is 0.178. The highest BCUT2D eigenvalue weighted by Gasteiger charge is 2.11. The van der Waals surface area contributed by atoms with E-state index in [2.05, 4.69) is 12.2 Å². The Hall–Kier alpha value is -2.30. The summed E-state index contributed by atoms with van der Waals surface area (Å²) in [6.07, 6.45) is 17.0. The molecule has 2 rings (SSSR count). The Labute approximate surface area is 186 Å². The standard InChI is InChI=1S/C26H39NO4/c1-3-4-5-6-7-8-9-10-11-12-13-14-15-16-25(29)27-22-18-21-20(2)17-26(30)31-24(21)19-23(22)28/h17-19,28H,3-16H2,1-2H3,(H,27,29). The van der Waals surface area contributed by atoms with Crippen LogP contribution in [0.5, 0.6) is 5.75 Å². The molecule has 0 bridgehead atoms. The summed E-state index contributed by atoms with van der Waals surface area (Å²) in [5.41, 5.74) is 0.961. The van der Waals surface area contributed by atoms with E-state index >= 15 is 0 Å². The largest absolute Gasteiger partial charge is 0.506 e. The molecule has 0 aliphatic heterocycles. The van der Waals surface area contributed by atoms with E-state index in [4.69, 9.17) is 4.42 Å². The molecule has 1 heterocycles. The molecule has 1 aromatic heterocycles. The highest BCUT2D eigenvalue weighted by molar-refractivity contribution is 5.96. The van der Waals surface area contributed by atoms with Crippen LogP contribution in [-0.2, 0) is 4.79 Å². The third-order valence-electron chi connectivity index (χ3n) is 5.85. The lowest BCUT2D eigenvalue weighted by Crippen LogP contribution is -2.11. The Bertz CT molecular complexity index is 872. The molecule has 0 fully saturated rings. The number of benzene rings is 1. The molecule has 0 aliphatic carbocycles. The zero-order valence-corrected chi connectivity index (χ0v) is 19.3. The number of aromatic hydroxyl groups is 1. The Balaban J connectivity index is 1.58. The van der Waals surface area contributed by atoms with Gasteiger partial charge in [0.2, 0.25) is 5.91 Å². The maximum atomic E-state index is 12.2. The Morgan fingerprint density at radius 2 is 1.42 bits per heavy atom. The molecule has 5 nitrogen and oxygen atoms in total. The number of rotatable bonds is 15. The van der Waals surface area contributed by atoms with Crippen molar-refractivity contribution in [1.82, 2.24) is 0 Å². The monoisotopic (exact) mass is 429 g/mol. The molecule has 0 aliphatic rings. The van der Waals surface area contributed by atoms with E-state index in [-0.39, 0.29) is 11.7 Å². The normalized spacial score (nSPS) is 11.2. The third kappa shape index (κ3) is 9.16. The minimum Gasteiger partial charge on any atom is -0.506 e. The summed E-state index contributed by atoms with van der Waals surface area (Å²) in [5, 5.41) is 13.6. The van der Waals surface area contributed by atoms with Crippen LogP contribution < -0.4 is 10.9 Å². The third-order valence-corrected chi connectivity index (χ3v) is 5.85. The van der Waals surface area contributed by atoms with Gasteiger partial charge < -0.3 is 14.8 Å². The number of amides is 1. The predicted octanol–water partition coefficient (Wildman–Crippen LogP) is 7.23. The average Bonchev–Trinajstić information content (AvgIpc) is 2.72.